The van der Waals surface area contributed by atoms with Crippen molar-refractivity contribution in [2.75, 3.05) is 10.6 Å². The highest BCUT2D eigenvalue weighted by Gasteiger charge is 2.25. The summed E-state index contributed by atoms with van der Waals surface area (Å²) in [6.45, 7) is 5.09. The molecule has 7 heteroatoms. The summed E-state index contributed by atoms with van der Waals surface area (Å²) in [5.41, 5.74) is -0.825. The van der Waals surface area contributed by atoms with Crippen LogP contribution in [-0.4, -0.2) is 10.9 Å². The lowest BCUT2D eigenvalue weighted by Crippen LogP contribution is -2.37. The minimum absolute atomic E-state index is 0.0535. The molecular formula is C20H20N2O5. The van der Waals surface area contributed by atoms with Crippen molar-refractivity contribution in [2.24, 2.45) is 0 Å². The van der Waals surface area contributed by atoms with E-state index in [4.69, 9.17) is 4.42 Å². The van der Waals surface area contributed by atoms with Crippen LogP contribution in [0, 0.1) is 6.92 Å². The molecule has 0 bridgehead atoms. The number of carbonyl (C=O) groups excluding carboxylic acids is 1. The van der Waals surface area contributed by atoms with Gasteiger partial charge in [-0.25, -0.2) is 0 Å². The Kier molecular flexibility index (Phi) is 4.85. The van der Waals surface area contributed by atoms with Gasteiger partial charge in [0.25, 0.3) is 10.9 Å². The van der Waals surface area contributed by atoms with Gasteiger partial charge in [0.1, 0.15) is 28.6 Å². The maximum absolute atomic E-state index is 12.1. The Morgan fingerprint density at radius 1 is 1.15 bits per heavy atom. The molecule has 3 rings (SSSR count). The second-order valence-corrected chi connectivity index (χ2v) is 6.34. The van der Waals surface area contributed by atoms with E-state index in [2.05, 4.69) is 10.6 Å². The van der Waals surface area contributed by atoms with Gasteiger partial charge < -0.3 is 20.2 Å². The molecule has 0 saturated carbocycles. The van der Waals surface area contributed by atoms with Crippen LogP contribution in [0.5, 0.6) is 5.75 Å². The van der Waals surface area contributed by atoms with E-state index in [9.17, 15) is 19.5 Å². The molecule has 0 saturated heterocycles. The van der Waals surface area contributed by atoms with Crippen LogP contribution in [0.2, 0.25) is 0 Å². The Bertz CT molecular complexity index is 1070. The molecule has 1 heterocycles. The number of ketones is 1. The highest BCUT2D eigenvalue weighted by molar-refractivity contribution is 5.99. The van der Waals surface area contributed by atoms with E-state index in [0.29, 0.717) is 12.2 Å². The first-order valence-electron chi connectivity index (χ1n) is 8.59. The third kappa shape index (κ3) is 3.36. The molecule has 1 atom stereocenters. The van der Waals surface area contributed by atoms with Crippen LogP contribution in [0.4, 0.5) is 17.1 Å². The van der Waals surface area contributed by atoms with Gasteiger partial charge in [-0.1, -0.05) is 13.0 Å². The van der Waals surface area contributed by atoms with Crippen molar-refractivity contribution in [1.29, 1.82) is 0 Å². The fourth-order valence-electron chi connectivity index (χ4n) is 2.90. The number of aromatic hydroxyl groups is 1. The van der Waals surface area contributed by atoms with Crippen molar-refractivity contribution in [1.82, 2.24) is 0 Å². The average molecular weight is 368 g/mol. The molecule has 140 valence electrons. The predicted octanol–water partition coefficient (Wildman–Crippen LogP) is 3.40. The summed E-state index contributed by atoms with van der Waals surface area (Å²) in [6, 6.07) is 7.95. The van der Waals surface area contributed by atoms with Crippen molar-refractivity contribution >= 4 is 22.8 Å². The summed E-state index contributed by atoms with van der Waals surface area (Å²) in [5.74, 6) is 0.839. The van der Waals surface area contributed by atoms with E-state index in [1.165, 1.54) is 19.1 Å². The van der Waals surface area contributed by atoms with Gasteiger partial charge in [0.05, 0.1) is 17.3 Å². The van der Waals surface area contributed by atoms with Crippen molar-refractivity contribution in [3.8, 4) is 5.75 Å². The summed E-state index contributed by atoms with van der Waals surface area (Å²) < 4.78 is 5.60. The zero-order chi connectivity index (χ0) is 19.7. The Morgan fingerprint density at radius 3 is 2.44 bits per heavy atom. The zero-order valence-electron chi connectivity index (χ0n) is 15.3. The number of nitrogens with one attached hydrogen (secondary N) is 2. The maximum Gasteiger partial charge on any atom is 0.253 e. The molecule has 1 aromatic heterocycles. The van der Waals surface area contributed by atoms with Gasteiger partial charge in [-0.3, -0.25) is 14.4 Å². The third-order valence-electron chi connectivity index (χ3n) is 4.42. The maximum atomic E-state index is 12.1. The van der Waals surface area contributed by atoms with Crippen LogP contribution < -0.4 is 21.5 Å². The van der Waals surface area contributed by atoms with Crippen molar-refractivity contribution < 1.29 is 14.3 Å². The number of carbonyl (C=O) groups is 1. The van der Waals surface area contributed by atoms with Crippen LogP contribution in [0.3, 0.4) is 0 Å². The molecule has 7 nitrogen and oxygen atoms in total. The molecule has 3 N–H and O–H groups in total. The lowest BCUT2D eigenvalue weighted by atomic mass is 10.1. The first-order valence-corrected chi connectivity index (χ1v) is 8.59. The minimum atomic E-state index is -0.685. The molecule has 0 amide bonds. The Hall–Kier alpha value is -3.35. The van der Waals surface area contributed by atoms with Gasteiger partial charge in [-0.05, 0) is 44.5 Å². The highest BCUT2D eigenvalue weighted by atomic mass is 16.3. The molecule has 0 aliphatic heterocycles. The van der Waals surface area contributed by atoms with Gasteiger partial charge in [-0.15, -0.1) is 0 Å². The molecular weight excluding hydrogens is 348 g/mol. The lowest BCUT2D eigenvalue weighted by molar-refractivity contribution is 0.101. The average Bonchev–Trinajstić information content (AvgIpc) is 3.07. The standard InChI is InChI=1S/C20H20N2O5/c1-4-13(15-9-8-10(2)27-15)21-16-17(20(26)19(16)25)22-14-7-5-6-12(11(3)23)18(14)24/h5-9,13,21-22,24H,4H2,1-3H3/t13-/m1/s1. The van der Waals surface area contributed by atoms with Crippen LogP contribution in [-0.2, 0) is 0 Å². The number of Topliss-reactive ketones (excluding diaryl/α,β-unsaturated/α-hetero) is 1. The van der Waals surface area contributed by atoms with E-state index in [-0.39, 0.29) is 40.2 Å². The largest absolute Gasteiger partial charge is 0.505 e. The first-order chi connectivity index (χ1) is 12.8. The number of aryl methyl sites for hydroxylation is 1. The summed E-state index contributed by atoms with van der Waals surface area (Å²) in [7, 11) is 0. The number of anilines is 3. The first kappa shape index (κ1) is 18.4. The second kappa shape index (κ2) is 7.11. The molecule has 2 aromatic carbocycles. The highest BCUT2D eigenvalue weighted by Crippen LogP contribution is 2.33. The normalized spacial score (nSPS) is 12.1. The number of benzene rings is 1. The summed E-state index contributed by atoms with van der Waals surface area (Å²) in [4.78, 5) is 35.7. The van der Waals surface area contributed by atoms with E-state index in [1.54, 1.807) is 6.07 Å². The summed E-state index contributed by atoms with van der Waals surface area (Å²) in [6.07, 6.45) is 0.635. The summed E-state index contributed by atoms with van der Waals surface area (Å²) >= 11 is 0. The molecule has 0 unspecified atom stereocenters. The van der Waals surface area contributed by atoms with E-state index >= 15 is 0 Å². The van der Waals surface area contributed by atoms with Crippen LogP contribution >= 0.6 is 0 Å². The molecule has 0 aliphatic rings. The third-order valence-corrected chi connectivity index (χ3v) is 4.42. The molecule has 0 radical (unpaired) electrons. The number of furan rings is 1. The second-order valence-electron chi connectivity index (χ2n) is 6.34. The molecule has 0 spiro atoms. The lowest BCUT2D eigenvalue weighted by Gasteiger charge is -2.20. The quantitative estimate of drug-likeness (QED) is 0.333. The Labute approximate surface area is 155 Å². The number of rotatable bonds is 7. The fraction of sp³-hybridized carbons (Fsp3) is 0.250. The van der Waals surface area contributed by atoms with Crippen molar-refractivity contribution in [2.45, 2.75) is 33.2 Å². The van der Waals surface area contributed by atoms with Gasteiger partial charge in [0.15, 0.2) is 5.78 Å². The number of phenols is 1. The summed E-state index contributed by atoms with van der Waals surface area (Å²) in [5, 5.41) is 16.1. The molecule has 0 fully saturated rings. The van der Waals surface area contributed by atoms with Crippen LogP contribution in [0.15, 0.2) is 44.3 Å². The van der Waals surface area contributed by atoms with Crippen molar-refractivity contribution in [3.63, 3.8) is 0 Å². The monoisotopic (exact) mass is 368 g/mol. The van der Waals surface area contributed by atoms with E-state index in [0.717, 1.165) is 5.76 Å². The van der Waals surface area contributed by atoms with Gasteiger partial charge in [-0.2, -0.15) is 0 Å². The van der Waals surface area contributed by atoms with Gasteiger partial charge >= 0.3 is 0 Å². The minimum Gasteiger partial charge on any atom is -0.505 e. The number of hydrogen-bond donors (Lipinski definition) is 3. The van der Waals surface area contributed by atoms with Crippen molar-refractivity contribution in [3.05, 3.63) is 67.9 Å². The predicted molar refractivity (Wildman–Crippen MR) is 103 cm³/mol. The zero-order valence-corrected chi connectivity index (χ0v) is 15.3. The van der Waals surface area contributed by atoms with Crippen LogP contribution in [0.1, 0.15) is 48.2 Å². The number of para-hydroxylation sites is 1. The number of hydrogen-bond acceptors (Lipinski definition) is 7. The smallest absolute Gasteiger partial charge is 0.253 e. The fourth-order valence-corrected chi connectivity index (χ4v) is 2.90. The Morgan fingerprint density at radius 2 is 1.85 bits per heavy atom. The topological polar surface area (TPSA) is 109 Å². The molecule has 3 aromatic rings. The van der Waals surface area contributed by atoms with Crippen LogP contribution in [0.25, 0.3) is 0 Å². The molecule has 0 aliphatic carbocycles. The van der Waals surface area contributed by atoms with Gasteiger partial charge in [0, 0.05) is 0 Å². The van der Waals surface area contributed by atoms with E-state index in [1.807, 2.05) is 26.0 Å². The Balaban J connectivity index is 1.90. The SMILES string of the molecule is CC[C@@H](Nc1c(Nc2cccc(C(C)=O)c2O)c(=O)c1=O)c1ccc(C)o1. The number of phenolic OH excluding ortho intramolecular Hbond substituents is 1. The van der Waals surface area contributed by atoms with Gasteiger partial charge in [0.2, 0.25) is 0 Å². The molecule has 27 heavy (non-hydrogen) atoms. The van der Waals surface area contributed by atoms with E-state index < -0.39 is 10.9 Å².